The molecule has 2 heterocycles. The van der Waals surface area contributed by atoms with Crippen LogP contribution in [-0.2, 0) is 11.5 Å². The molecule has 16 heavy (non-hydrogen) atoms. The first-order valence-electron chi connectivity index (χ1n) is 4.67. The molecule has 2 aromatic heterocycles. The van der Waals surface area contributed by atoms with Gasteiger partial charge in [-0.1, -0.05) is 8.93 Å². The van der Waals surface area contributed by atoms with Crippen LogP contribution in [0.25, 0.3) is 10.9 Å². The van der Waals surface area contributed by atoms with Gasteiger partial charge in [-0.2, -0.15) is 5.10 Å². The Morgan fingerprint density at radius 2 is 2.50 bits per heavy atom. The molecule has 0 aromatic carbocycles. The minimum atomic E-state index is -0.119. The molecule has 0 saturated heterocycles. The molecule has 2 rings (SSSR count). The van der Waals surface area contributed by atoms with Crippen LogP contribution in [0.3, 0.4) is 0 Å². The molecule has 0 aliphatic rings. The predicted octanol–water partition coefficient (Wildman–Crippen LogP) is 1.78. The molecule has 0 spiro atoms. The van der Waals surface area contributed by atoms with Crippen molar-refractivity contribution in [3.63, 3.8) is 0 Å². The van der Waals surface area contributed by atoms with E-state index >= 15 is 0 Å². The summed E-state index contributed by atoms with van der Waals surface area (Å²) in [5.41, 5.74) is 0.678. The Morgan fingerprint density at radius 1 is 1.62 bits per heavy atom. The molecule has 0 radical (unpaired) electrons. The summed E-state index contributed by atoms with van der Waals surface area (Å²) in [7, 11) is 1.71. The number of ether oxygens (including phenoxy) is 1. The van der Waals surface area contributed by atoms with Crippen LogP contribution in [0.1, 0.15) is 0 Å². The van der Waals surface area contributed by atoms with Gasteiger partial charge in [-0.3, -0.25) is 4.79 Å². The number of aromatic nitrogens is 3. The minimum Gasteiger partial charge on any atom is -0.358 e. The maximum atomic E-state index is 11.4. The lowest BCUT2D eigenvalue weighted by Crippen LogP contribution is -2.08. The van der Waals surface area contributed by atoms with Crippen molar-refractivity contribution < 1.29 is 4.74 Å². The molecular formula is C9H10IN3O2S. The molecule has 0 saturated carbocycles. The number of rotatable bonds is 5. The SMILES string of the molecule is O=c1[nH]ccc2c1cnn2COCCSI. The Bertz CT molecular complexity index is 525. The highest BCUT2D eigenvalue weighted by Gasteiger charge is 2.04. The summed E-state index contributed by atoms with van der Waals surface area (Å²) in [4.78, 5) is 14.0. The van der Waals surface area contributed by atoms with Crippen molar-refractivity contribution in [1.82, 2.24) is 14.8 Å². The van der Waals surface area contributed by atoms with Gasteiger partial charge in [0.15, 0.2) is 0 Å². The number of nitrogens with one attached hydrogen (secondary N) is 1. The first-order valence-corrected chi connectivity index (χ1v) is 8.20. The van der Waals surface area contributed by atoms with E-state index in [0.29, 0.717) is 18.7 Å². The van der Waals surface area contributed by atoms with Gasteiger partial charge < -0.3 is 9.72 Å². The molecule has 0 fully saturated rings. The van der Waals surface area contributed by atoms with Gasteiger partial charge >= 0.3 is 0 Å². The molecule has 0 bridgehead atoms. The highest BCUT2D eigenvalue weighted by molar-refractivity contribution is 14.2. The molecule has 1 N–H and O–H groups in total. The maximum absolute atomic E-state index is 11.4. The lowest BCUT2D eigenvalue weighted by molar-refractivity contribution is 0.0844. The molecule has 0 amide bonds. The van der Waals surface area contributed by atoms with Gasteiger partial charge in [0.1, 0.15) is 6.73 Å². The highest BCUT2D eigenvalue weighted by atomic mass is 127. The number of halogens is 1. The lowest BCUT2D eigenvalue weighted by Gasteiger charge is -2.03. The molecule has 0 unspecified atom stereocenters. The topological polar surface area (TPSA) is 59.9 Å². The molecule has 86 valence electrons. The van der Waals surface area contributed by atoms with E-state index in [0.717, 1.165) is 11.3 Å². The number of nitrogens with zero attached hydrogens (tertiary/aromatic N) is 2. The quantitative estimate of drug-likeness (QED) is 0.659. The first-order chi connectivity index (χ1) is 7.83. The molecule has 0 aliphatic heterocycles. The molecule has 5 nitrogen and oxygen atoms in total. The summed E-state index contributed by atoms with van der Waals surface area (Å²) in [6.45, 7) is 1.06. The van der Waals surface area contributed by atoms with Crippen LogP contribution >= 0.6 is 30.1 Å². The summed E-state index contributed by atoms with van der Waals surface area (Å²) >= 11 is 2.23. The molecular weight excluding hydrogens is 341 g/mol. The Morgan fingerprint density at radius 3 is 3.31 bits per heavy atom. The summed E-state index contributed by atoms with van der Waals surface area (Å²) < 4.78 is 7.11. The first kappa shape index (κ1) is 11.9. The molecule has 2 aromatic rings. The summed E-state index contributed by atoms with van der Waals surface area (Å²) in [5, 5.41) is 4.71. The summed E-state index contributed by atoms with van der Waals surface area (Å²) in [6, 6.07) is 1.82. The normalized spacial score (nSPS) is 11.1. The second kappa shape index (κ2) is 5.69. The summed E-state index contributed by atoms with van der Waals surface area (Å²) in [5.74, 6) is 0.945. The van der Waals surface area contributed by atoms with Crippen molar-refractivity contribution in [3.05, 3.63) is 28.8 Å². The third kappa shape index (κ3) is 2.58. The van der Waals surface area contributed by atoms with Crippen molar-refractivity contribution in [2.75, 3.05) is 12.4 Å². The fraction of sp³-hybridized carbons (Fsp3) is 0.333. The average molecular weight is 351 g/mol. The van der Waals surface area contributed by atoms with E-state index in [9.17, 15) is 4.79 Å². The van der Waals surface area contributed by atoms with Crippen molar-refractivity contribution in [3.8, 4) is 0 Å². The monoisotopic (exact) mass is 351 g/mol. The predicted molar refractivity (Wildman–Crippen MR) is 72.8 cm³/mol. The number of hydrogen-bond acceptors (Lipinski definition) is 4. The number of pyridine rings is 1. The molecule has 7 heteroatoms. The number of H-pyrrole nitrogens is 1. The second-order valence-electron chi connectivity index (χ2n) is 3.10. The zero-order chi connectivity index (χ0) is 11.4. The van der Waals surface area contributed by atoms with Crippen LogP contribution in [0, 0.1) is 0 Å². The second-order valence-corrected chi connectivity index (χ2v) is 5.60. The Kier molecular flexibility index (Phi) is 4.24. The number of hydrogen-bond donors (Lipinski definition) is 1. The standard InChI is InChI=1S/C9H10IN3O2S/c10-16-4-3-15-6-13-8-1-2-11-9(14)7(8)5-12-13/h1-2,5H,3-4,6H2,(H,11,14). The van der Waals surface area contributed by atoms with Gasteiger partial charge in [0.05, 0.1) is 23.7 Å². The Hall–Kier alpha value is -0.540. The number of fused-ring (bicyclic) bond motifs is 1. The van der Waals surface area contributed by atoms with Crippen molar-refractivity contribution in [2.24, 2.45) is 0 Å². The fourth-order valence-corrected chi connectivity index (χ4v) is 2.08. The summed E-state index contributed by atoms with van der Waals surface area (Å²) in [6.07, 6.45) is 3.17. The third-order valence-electron chi connectivity index (χ3n) is 2.10. The van der Waals surface area contributed by atoms with Gasteiger partial charge in [-0.15, -0.1) is 0 Å². The largest absolute Gasteiger partial charge is 0.358 e. The van der Waals surface area contributed by atoms with E-state index in [2.05, 4.69) is 31.3 Å². The van der Waals surface area contributed by atoms with E-state index in [1.807, 2.05) is 6.07 Å². The van der Waals surface area contributed by atoms with Gasteiger partial charge in [0, 0.05) is 11.9 Å². The van der Waals surface area contributed by atoms with Gasteiger partial charge in [0.25, 0.3) is 5.56 Å². The van der Waals surface area contributed by atoms with Crippen LogP contribution in [-0.4, -0.2) is 27.1 Å². The van der Waals surface area contributed by atoms with Gasteiger partial charge in [-0.25, -0.2) is 4.68 Å². The zero-order valence-corrected chi connectivity index (χ0v) is 11.3. The van der Waals surface area contributed by atoms with E-state index in [1.54, 1.807) is 26.0 Å². The van der Waals surface area contributed by atoms with Gasteiger partial charge in [-0.05, 0) is 27.3 Å². The minimum absolute atomic E-state index is 0.119. The van der Waals surface area contributed by atoms with Gasteiger partial charge in [0.2, 0.25) is 0 Å². The van der Waals surface area contributed by atoms with Crippen molar-refractivity contribution in [2.45, 2.75) is 6.73 Å². The smallest absolute Gasteiger partial charge is 0.259 e. The highest BCUT2D eigenvalue weighted by Crippen LogP contribution is 2.10. The Labute approximate surface area is 108 Å². The van der Waals surface area contributed by atoms with Crippen LogP contribution < -0.4 is 5.56 Å². The van der Waals surface area contributed by atoms with Crippen LogP contribution in [0.4, 0.5) is 0 Å². The van der Waals surface area contributed by atoms with Crippen LogP contribution in [0.5, 0.6) is 0 Å². The average Bonchev–Trinajstić information content (AvgIpc) is 2.70. The maximum Gasteiger partial charge on any atom is 0.259 e. The third-order valence-corrected chi connectivity index (χ3v) is 3.74. The number of aromatic amines is 1. The van der Waals surface area contributed by atoms with Crippen LogP contribution in [0.15, 0.2) is 23.3 Å². The van der Waals surface area contributed by atoms with E-state index in [1.165, 1.54) is 0 Å². The molecule has 0 aliphatic carbocycles. The lowest BCUT2D eigenvalue weighted by atomic mass is 10.3. The van der Waals surface area contributed by atoms with Crippen LogP contribution in [0.2, 0.25) is 0 Å². The van der Waals surface area contributed by atoms with Crippen molar-refractivity contribution in [1.29, 1.82) is 0 Å². The Balaban J connectivity index is 2.13. The molecule has 0 atom stereocenters. The van der Waals surface area contributed by atoms with E-state index in [-0.39, 0.29) is 5.56 Å². The zero-order valence-electron chi connectivity index (χ0n) is 8.35. The van der Waals surface area contributed by atoms with Crippen molar-refractivity contribution >= 4 is 41.0 Å². The van der Waals surface area contributed by atoms with E-state index in [4.69, 9.17) is 4.74 Å². The van der Waals surface area contributed by atoms with E-state index < -0.39 is 0 Å². The fourth-order valence-electron chi connectivity index (χ4n) is 1.36.